The molecule has 204 valence electrons. The van der Waals surface area contributed by atoms with Gasteiger partial charge < -0.3 is 24.4 Å². The monoisotopic (exact) mass is 542 g/mol. The van der Waals surface area contributed by atoms with Crippen LogP contribution in [-0.4, -0.2) is 71.3 Å². The molecule has 1 aromatic carbocycles. The number of hydrogen-bond acceptors (Lipinski definition) is 6. The Kier molecular flexibility index (Phi) is 7.42. The second-order valence-corrected chi connectivity index (χ2v) is 11.2. The maximum atomic E-state index is 14.5. The minimum absolute atomic E-state index is 0.0195. The summed E-state index contributed by atoms with van der Waals surface area (Å²) in [5, 5.41) is 9.82. The molecule has 0 aliphatic carbocycles. The molecule has 1 aromatic rings. The summed E-state index contributed by atoms with van der Waals surface area (Å²) >= 11 is 6.58. The molecule has 0 radical (unpaired) electrons. The minimum atomic E-state index is -1.35. The van der Waals surface area contributed by atoms with Crippen LogP contribution in [0.1, 0.15) is 44.6 Å². The summed E-state index contributed by atoms with van der Waals surface area (Å²) in [6.45, 7) is 4.47. The number of nitrogens with zero attached hydrogens (tertiary/aromatic N) is 2. The summed E-state index contributed by atoms with van der Waals surface area (Å²) in [4.78, 5) is 45.3. The number of anilines is 1. The highest BCUT2D eigenvalue weighted by Crippen LogP contribution is 2.57. The highest BCUT2D eigenvalue weighted by molar-refractivity contribution is 6.34. The van der Waals surface area contributed by atoms with Crippen molar-refractivity contribution in [1.82, 2.24) is 4.90 Å². The van der Waals surface area contributed by atoms with E-state index in [0.717, 1.165) is 24.8 Å². The summed E-state index contributed by atoms with van der Waals surface area (Å²) in [5.41, 5.74) is -1.05. The molecule has 2 amide bonds. The van der Waals surface area contributed by atoms with E-state index >= 15 is 0 Å². The van der Waals surface area contributed by atoms with Gasteiger partial charge in [0.2, 0.25) is 5.91 Å². The van der Waals surface area contributed by atoms with E-state index in [1.807, 2.05) is 50.3 Å². The summed E-state index contributed by atoms with van der Waals surface area (Å²) in [7, 11) is 0. The van der Waals surface area contributed by atoms with E-state index in [0.29, 0.717) is 23.6 Å². The second kappa shape index (κ2) is 10.5. The first kappa shape index (κ1) is 26.9. The van der Waals surface area contributed by atoms with Crippen LogP contribution in [0.3, 0.4) is 0 Å². The maximum absolute atomic E-state index is 14.5. The molecule has 2 fully saturated rings. The van der Waals surface area contributed by atoms with Crippen molar-refractivity contribution in [3.63, 3.8) is 0 Å². The number of aliphatic hydroxyl groups excluding tert-OH is 1. The number of fused-ring (bicyclic) bond motifs is 2. The molecule has 9 heteroatoms. The molecule has 5 rings (SSSR count). The number of unbranched alkanes of at least 4 members (excludes halogenated alkanes) is 1. The number of cyclic esters (lactones) is 1. The van der Waals surface area contributed by atoms with E-state index in [-0.39, 0.29) is 38.1 Å². The van der Waals surface area contributed by atoms with E-state index in [1.165, 1.54) is 0 Å². The van der Waals surface area contributed by atoms with Crippen molar-refractivity contribution < 1.29 is 29.0 Å². The Balaban J connectivity index is 1.64. The van der Waals surface area contributed by atoms with E-state index in [9.17, 15) is 19.5 Å². The summed E-state index contributed by atoms with van der Waals surface area (Å²) in [6, 6.07) is 4.47. The van der Waals surface area contributed by atoms with Crippen molar-refractivity contribution in [2.45, 2.75) is 63.2 Å². The van der Waals surface area contributed by atoms with Gasteiger partial charge in [-0.25, -0.2) is 0 Å². The minimum Gasteiger partial charge on any atom is -0.465 e. The Morgan fingerprint density at radius 1 is 1.08 bits per heavy atom. The number of allylic oxidation sites excluding steroid dienone is 1. The van der Waals surface area contributed by atoms with Crippen molar-refractivity contribution in [2.75, 3.05) is 31.2 Å². The standard InChI is InChI=1S/C29H35ClN2O6/c1-19-11-9-12-20(30)23(19)31-16-10-14-29-21(25(34)32(15-6-7-17-33)24(29)26(31)35)22-27(36)37-18-8-4-3-5-13-28(22,2)38-29/h5,9-14,21-22,24,33H,3-4,6-8,15-18H2,1-2H3/b13-5-/t21-,22-,24?,28+,29-/m0/s1. The number of ether oxygens (including phenoxy) is 2. The molecule has 0 bridgehead atoms. The van der Waals surface area contributed by atoms with Gasteiger partial charge in [0, 0.05) is 19.7 Å². The van der Waals surface area contributed by atoms with E-state index < -0.39 is 35.0 Å². The van der Waals surface area contributed by atoms with Crippen molar-refractivity contribution in [1.29, 1.82) is 0 Å². The largest absolute Gasteiger partial charge is 0.465 e. The normalized spacial score (nSPS) is 33.9. The first-order chi connectivity index (χ1) is 18.2. The van der Waals surface area contributed by atoms with Crippen LogP contribution in [0.2, 0.25) is 5.02 Å². The fourth-order valence-electron chi connectivity index (χ4n) is 6.60. The Labute approximate surface area is 228 Å². The first-order valence-corrected chi connectivity index (χ1v) is 13.8. The number of carbonyl (C=O) groups excluding carboxylic acids is 3. The SMILES string of the molecule is Cc1cccc(Cl)c1N1CC=C[C@]23O[C@]4(C)/C=C\CCCCOC(=O)[C@@H]4[C@H]2C(=O)N(CCCCO)C3C1=O. The average Bonchev–Trinajstić information content (AvgIpc) is 3.20. The number of carbonyl (C=O) groups is 3. The predicted octanol–water partition coefficient (Wildman–Crippen LogP) is 3.58. The highest BCUT2D eigenvalue weighted by atomic mass is 35.5. The zero-order chi connectivity index (χ0) is 27.1. The number of halogens is 1. The molecule has 4 heterocycles. The Hall–Kier alpha value is -2.68. The number of rotatable bonds is 5. The number of para-hydroxylation sites is 1. The van der Waals surface area contributed by atoms with Crippen molar-refractivity contribution >= 4 is 35.1 Å². The van der Waals surface area contributed by atoms with Crippen LogP contribution in [0.4, 0.5) is 5.69 Å². The van der Waals surface area contributed by atoms with Crippen LogP contribution >= 0.6 is 11.6 Å². The Morgan fingerprint density at radius 2 is 1.89 bits per heavy atom. The molecule has 0 aromatic heterocycles. The van der Waals surface area contributed by atoms with Crippen LogP contribution in [0, 0.1) is 18.8 Å². The van der Waals surface area contributed by atoms with E-state index in [1.54, 1.807) is 15.9 Å². The number of likely N-dealkylation sites (tertiary alicyclic amines) is 1. The van der Waals surface area contributed by atoms with Crippen LogP contribution in [0.5, 0.6) is 0 Å². The molecule has 8 nitrogen and oxygen atoms in total. The molecular weight excluding hydrogens is 508 g/mol. The van der Waals surface area contributed by atoms with Crippen LogP contribution < -0.4 is 4.90 Å². The fourth-order valence-corrected chi connectivity index (χ4v) is 6.92. The lowest BCUT2D eigenvalue weighted by molar-refractivity contribution is -0.158. The molecule has 1 N–H and O–H groups in total. The lowest BCUT2D eigenvalue weighted by Gasteiger charge is -2.38. The fraction of sp³-hybridized carbons (Fsp3) is 0.552. The van der Waals surface area contributed by atoms with Gasteiger partial charge in [-0.05, 0) is 57.6 Å². The van der Waals surface area contributed by atoms with Crippen molar-refractivity contribution in [3.05, 3.63) is 53.1 Å². The van der Waals surface area contributed by atoms with Gasteiger partial charge in [0.05, 0.1) is 28.8 Å². The smallest absolute Gasteiger partial charge is 0.313 e. The third-order valence-electron chi connectivity index (χ3n) is 8.27. The number of hydrogen-bond donors (Lipinski definition) is 1. The van der Waals surface area contributed by atoms with E-state index in [2.05, 4.69) is 0 Å². The molecular formula is C29H35ClN2O6. The third-order valence-corrected chi connectivity index (χ3v) is 8.57. The number of aliphatic hydroxyl groups is 1. The molecule has 0 saturated carbocycles. The predicted molar refractivity (Wildman–Crippen MR) is 143 cm³/mol. The summed E-state index contributed by atoms with van der Waals surface area (Å²) in [5.74, 6) is -2.92. The van der Waals surface area contributed by atoms with Gasteiger partial charge in [-0.15, -0.1) is 0 Å². The number of amides is 2. The molecule has 4 aliphatic rings. The summed E-state index contributed by atoms with van der Waals surface area (Å²) < 4.78 is 12.5. The Bertz CT molecular complexity index is 1160. The Morgan fingerprint density at radius 3 is 2.66 bits per heavy atom. The first-order valence-electron chi connectivity index (χ1n) is 13.5. The molecule has 1 unspecified atom stereocenters. The number of esters is 1. The number of benzene rings is 1. The molecule has 2 saturated heterocycles. The van der Waals surface area contributed by atoms with Crippen LogP contribution in [-0.2, 0) is 23.9 Å². The molecule has 38 heavy (non-hydrogen) atoms. The van der Waals surface area contributed by atoms with Gasteiger partial charge in [-0.1, -0.05) is 48.0 Å². The van der Waals surface area contributed by atoms with Crippen LogP contribution in [0.15, 0.2) is 42.5 Å². The zero-order valence-corrected chi connectivity index (χ0v) is 22.7. The molecule has 1 spiro atoms. The lowest BCUT2D eigenvalue weighted by atomic mass is 9.74. The van der Waals surface area contributed by atoms with E-state index in [4.69, 9.17) is 21.1 Å². The summed E-state index contributed by atoms with van der Waals surface area (Å²) in [6.07, 6.45) is 11.0. The van der Waals surface area contributed by atoms with Gasteiger partial charge in [-0.2, -0.15) is 0 Å². The van der Waals surface area contributed by atoms with Gasteiger partial charge in [-0.3, -0.25) is 14.4 Å². The van der Waals surface area contributed by atoms with Crippen molar-refractivity contribution in [2.24, 2.45) is 11.8 Å². The third kappa shape index (κ3) is 4.27. The molecule has 4 aliphatic heterocycles. The topological polar surface area (TPSA) is 96.4 Å². The van der Waals surface area contributed by atoms with Gasteiger partial charge in [0.25, 0.3) is 5.91 Å². The maximum Gasteiger partial charge on any atom is 0.313 e. The quantitative estimate of drug-likeness (QED) is 0.347. The van der Waals surface area contributed by atoms with Crippen LogP contribution in [0.25, 0.3) is 0 Å². The van der Waals surface area contributed by atoms with Gasteiger partial charge in [0.15, 0.2) is 0 Å². The second-order valence-electron chi connectivity index (χ2n) is 10.8. The molecule has 5 atom stereocenters. The zero-order valence-electron chi connectivity index (χ0n) is 21.9. The number of aryl methyl sites for hydroxylation is 1. The average molecular weight is 543 g/mol. The van der Waals surface area contributed by atoms with Gasteiger partial charge in [0.1, 0.15) is 17.6 Å². The van der Waals surface area contributed by atoms with Crippen molar-refractivity contribution in [3.8, 4) is 0 Å². The lowest BCUT2D eigenvalue weighted by Crippen LogP contribution is -2.56. The highest BCUT2D eigenvalue weighted by Gasteiger charge is 2.74. The van der Waals surface area contributed by atoms with Gasteiger partial charge >= 0.3 is 5.97 Å².